The Morgan fingerprint density at radius 2 is 2.23 bits per heavy atom. The van der Waals surface area contributed by atoms with Crippen molar-refractivity contribution in [2.24, 2.45) is 0 Å². The summed E-state index contributed by atoms with van der Waals surface area (Å²) in [6.07, 6.45) is 1.80. The van der Waals surface area contributed by atoms with Crippen molar-refractivity contribution in [2.75, 3.05) is 7.11 Å². The Bertz CT molecular complexity index is 768. The quantitative estimate of drug-likeness (QED) is 0.575. The second-order valence-electron chi connectivity index (χ2n) is 4.44. The molecule has 0 spiro atoms. The van der Waals surface area contributed by atoms with Crippen LogP contribution in [-0.4, -0.2) is 28.3 Å². The lowest BCUT2D eigenvalue weighted by Crippen LogP contribution is -2.01. The minimum atomic E-state index is -0.348. The standard InChI is InChI=1S/C15H13N3O3S/c1-20-14(19)11-5-2-4-10(8-11)9-22-15-18-17-13(21-15)12-6-3-7-16-12/h2-8,16H,9H2,1H3. The minimum Gasteiger partial charge on any atom is -0.465 e. The molecule has 112 valence electrons. The number of nitrogens with zero attached hydrogens (tertiary/aromatic N) is 2. The first-order valence-corrected chi connectivity index (χ1v) is 7.52. The van der Waals surface area contributed by atoms with E-state index in [0.717, 1.165) is 11.3 Å². The van der Waals surface area contributed by atoms with Crippen molar-refractivity contribution in [3.63, 3.8) is 0 Å². The fourth-order valence-electron chi connectivity index (χ4n) is 1.89. The molecule has 0 aliphatic heterocycles. The maximum Gasteiger partial charge on any atom is 0.337 e. The topological polar surface area (TPSA) is 81.0 Å². The Kier molecular flexibility index (Phi) is 4.24. The first-order valence-electron chi connectivity index (χ1n) is 6.53. The summed E-state index contributed by atoms with van der Waals surface area (Å²) in [5, 5.41) is 8.46. The van der Waals surface area contributed by atoms with Gasteiger partial charge in [0, 0.05) is 11.9 Å². The van der Waals surface area contributed by atoms with Crippen molar-refractivity contribution in [3.8, 4) is 11.6 Å². The van der Waals surface area contributed by atoms with Gasteiger partial charge >= 0.3 is 5.97 Å². The van der Waals surface area contributed by atoms with E-state index < -0.39 is 0 Å². The van der Waals surface area contributed by atoms with Crippen molar-refractivity contribution >= 4 is 17.7 Å². The highest BCUT2D eigenvalue weighted by Gasteiger charge is 2.10. The summed E-state index contributed by atoms with van der Waals surface area (Å²) >= 11 is 1.41. The van der Waals surface area contributed by atoms with Crippen LogP contribution in [0, 0.1) is 0 Å². The molecule has 0 saturated carbocycles. The van der Waals surface area contributed by atoms with E-state index in [4.69, 9.17) is 9.15 Å². The van der Waals surface area contributed by atoms with Crippen LogP contribution in [0.25, 0.3) is 11.6 Å². The summed E-state index contributed by atoms with van der Waals surface area (Å²) in [7, 11) is 1.37. The lowest BCUT2D eigenvalue weighted by atomic mass is 10.1. The molecule has 1 aromatic carbocycles. The summed E-state index contributed by atoms with van der Waals surface area (Å²) in [5.41, 5.74) is 2.29. The van der Waals surface area contributed by atoms with Crippen molar-refractivity contribution < 1.29 is 13.9 Å². The monoisotopic (exact) mass is 315 g/mol. The molecule has 2 aromatic heterocycles. The van der Waals surface area contributed by atoms with Crippen LogP contribution in [0.5, 0.6) is 0 Å². The number of carbonyl (C=O) groups is 1. The van der Waals surface area contributed by atoms with Crippen molar-refractivity contribution in [1.82, 2.24) is 15.2 Å². The fraction of sp³-hybridized carbons (Fsp3) is 0.133. The highest BCUT2D eigenvalue weighted by Crippen LogP contribution is 2.25. The Hall–Kier alpha value is -2.54. The molecule has 0 saturated heterocycles. The lowest BCUT2D eigenvalue weighted by molar-refractivity contribution is 0.0600. The minimum absolute atomic E-state index is 0.348. The van der Waals surface area contributed by atoms with E-state index in [0.29, 0.717) is 22.4 Å². The van der Waals surface area contributed by atoms with Crippen LogP contribution in [0.4, 0.5) is 0 Å². The average Bonchev–Trinajstić information content (AvgIpc) is 3.23. The van der Waals surface area contributed by atoms with Gasteiger partial charge in [-0.15, -0.1) is 10.2 Å². The molecular weight excluding hydrogens is 302 g/mol. The second-order valence-corrected chi connectivity index (χ2v) is 5.36. The summed E-state index contributed by atoms with van der Waals surface area (Å²) in [6, 6.07) is 11.0. The molecule has 0 radical (unpaired) electrons. The number of rotatable bonds is 5. The number of benzene rings is 1. The van der Waals surface area contributed by atoms with Gasteiger partial charge in [-0.2, -0.15) is 0 Å². The third-order valence-electron chi connectivity index (χ3n) is 2.95. The molecular formula is C15H13N3O3S. The van der Waals surface area contributed by atoms with Gasteiger partial charge in [0.2, 0.25) is 0 Å². The third kappa shape index (κ3) is 3.20. The van der Waals surface area contributed by atoms with Gasteiger partial charge < -0.3 is 14.1 Å². The van der Waals surface area contributed by atoms with E-state index in [-0.39, 0.29) is 5.97 Å². The molecule has 0 aliphatic rings. The number of thioether (sulfide) groups is 1. The van der Waals surface area contributed by atoms with Gasteiger partial charge in [-0.25, -0.2) is 4.79 Å². The second kappa shape index (κ2) is 6.48. The maximum absolute atomic E-state index is 11.5. The van der Waals surface area contributed by atoms with E-state index >= 15 is 0 Å². The Morgan fingerprint density at radius 3 is 3.00 bits per heavy atom. The van der Waals surface area contributed by atoms with E-state index in [9.17, 15) is 4.79 Å². The van der Waals surface area contributed by atoms with Crippen LogP contribution in [0.3, 0.4) is 0 Å². The van der Waals surface area contributed by atoms with E-state index in [1.807, 2.05) is 24.3 Å². The summed E-state index contributed by atoms with van der Waals surface area (Å²) in [4.78, 5) is 14.5. The number of methoxy groups -OCH3 is 1. The number of esters is 1. The predicted octanol–water partition coefficient (Wildman–Crippen LogP) is 3.14. The van der Waals surface area contributed by atoms with Crippen LogP contribution in [0.1, 0.15) is 15.9 Å². The number of aromatic nitrogens is 3. The SMILES string of the molecule is COC(=O)c1cccc(CSc2nnc(-c3ccc[nH]3)o2)c1. The summed E-state index contributed by atoms with van der Waals surface area (Å²) in [5.74, 6) is 0.728. The third-order valence-corrected chi connectivity index (χ3v) is 3.83. The van der Waals surface area contributed by atoms with Crippen LogP contribution < -0.4 is 0 Å². The molecule has 1 N–H and O–H groups in total. The highest BCUT2D eigenvalue weighted by molar-refractivity contribution is 7.98. The van der Waals surface area contributed by atoms with Gasteiger partial charge in [0.05, 0.1) is 12.7 Å². The average molecular weight is 315 g/mol. The summed E-state index contributed by atoms with van der Waals surface area (Å²) < 4.78 is 10.3. The van der Waals surface area contributed by atoms with Crippen molar-refractivity contribution in [3.05, 3.63) is 53.7 Å². The van der Waals surface area contributed by atoms with Crippen LogP contribution in [0.2, 0.25) is 0 Å². The Labute approximate surface area is 130 Å². The zero-order valence-electron chi connectivity index (χ0n) is 11.8. The molecule has 2 heterocycles. The number of carbonyl (C=O) groups excluding carboxylic acids is 1. The fourth-order valence-corrected chi connectivity index (χ4v) is 2.60. The molecule has 0 bridgehead atoms. The molecule has 0 aliphatic carbocycles. The van der Waals surface area contributed by atoms with Gasteiger partial charge in [-0.05, 0) is 29.8 Å². The van der Waals surface area contributed by atoms with E-state index in [1.54, 1.807) is 18.3 Å². The number of hydrogen-bond donors (Lipinski definition) is 1. The largest absolute Gasteiger partial charge is 0.465 e. The molecule has 0 atom stereocenters. The van der Waals surface area contributed by atoms with Crippen LogP contribution >= 0.6 is 11.8 Å². The molecule has 22 heavy (non-hydrogen) atoms. The summed E-state index contributed by atoms with van der Waals surface area (Å²) in [6.45, 7) is 0. The highest BCUT2D eigenvalue weighted by atomic mass is 32.2. The van der Waals surface area contributed by atoms with Gasteiger partial charge in [-0.1, -0.05) is 23.9 Å². The van der Waals surface area contributed by atoms with E-state index in [2.05, 4.69) is 15.2 Å². The Balaban J connectivity index is 1.67. The number of nitrogens with one attached hydrogen (secondary N) is 1. The normalized spacial score (nSPS) is 10.6. The molecule has 7 heteroatoms. The van der Waals surface area contributed by atoms with Gasteiger partial charge in [0.15, 0.2) is 0 Å². The van der Waals surface area contributed by atoms with Crippen molar-refractivity contribution in [2.45, 2.75) is 11.0 Å². The molecule has 3 rings (SSSR count). The molecule has 3 aromatic rings. The smallest absolute Gasteiger partial charge is 0.337 e. The van der Waals surface area contributed by atoms with Crippen molar-refractivity contribution in [1.29, 1.82) is 0 Å². The number of aromatic amines is 1. The van der Waals surface area contributed by atoms with Gasteiger partial charge in [-0.3, -0.25) is 0 Å². The molecule has 0 fully saturated rings. The Morgan fingerprint density at radius 1 is 1.32 bits per heavy atom. The first-order chi connectivity index (χ1) is 10.8. The first kappa shape index (κ1) is 14.4. The zero-order chi connectivity index (χ0) is 15.4. The van der Waals surface area contributed by atoms with Gasteiger partial charge in [0.1, 0.15) is 5.69 Å². The molecule has 0 unspecified atom stereocenters. The molecule has 6 nitrogen and oxygen atoms in total. The predicted molar refractivity (Wildman–Crippen MR) is 81.4 cm³/mol. The maximum atomic E-state index is 11.5. The number of hydrogen-bond acceptors (Lipinski definition) is 6. The number of H-pyrrole nitrogens is 1. The molecule has 0 amide bonds. The van der Waals surface area contributed by atoms with Crippen LogP contribution in [0.15, 0.2) is 52.2 Å². The zero-order valence-corrected chi connectivity index (χ0v) is 12.6. The van der Waals surface area contributed by atoms with E-state index in [1.165, 1.54) is 18.9 Å². The van der Waals surface area contributed by atoms with Gasteiger partial charge in [0.25, 0.3) is 11.1 Å². The van der Waals surface area contributed by atoms with Crippen LogP contribution in [-0.2, 0) is 10.5 Å². The lowest BCUT2D eigenvalue weighted by Gasteiger charge is -2.02. The number of ether oxygens (including phenoxy) is 1.